The Balaban J connectivity index is 2.98. The Bertz CT molecular complexity index is 526. The molecule has 8 heteroatoms. The van der Waals surface area contributed by atoms with Crippen molar-refractivity contribution >= 4 is 21.7 Å². The van der Waals surface area contributed by atoms with E-state index in [1.807, 2.05) is 0 Å². The molecular weight excluding hydrogens is 248 g/mol. The van der Waals surface area contributed by atoms with E-state index in [1.165, 1.54) is 12.1 Å². The summed E-state index contributed by atoms with van der Waals surface area (Å²) >= 11 is 0. The summed E-state index contributed by atoms with van der Waals surface area (Å²) in [6.07, 6.45) is 0. The molecule has 0 bridgehead atoms. The van der Waals surface area contributed by atoms with E-state index in [0.717, 1.165) is 6.07 Å². The lowest BCUT2D eigenvalue weighted by Crippen LogP contribution is -2.22. The van der Waals surface area contributed by atoms with Crippen LogP contribution in [0.5, 0.6) is 5.75 Å². The number of phenols is 1. The summed E-state index contributed by atoms with van der Waals surface area (Å²) < 4.78 is 24.8. The highest BCUT2D eigenvalue weighted by molar-refractivity contribution is 7.92. The zero-order chi connectivity index (χ0) is 13.1. The number of hydrogen-bond donors (Lipinski definition) is 4. The smallest absolute Gasteiger partial charge is 0.335 e. The van der Waals surface area contributed by atoms with Gasteiger partial charge in [-0.1, -0.05) is 0 Å². The number of phenolic OH excluding ortho intramolecular Hbond substituents is 1. The van der Waals surface area contributed by atoms with Crippen LogP contribution in [0.4, 0.5) is 5.69 Å². The molecule has 0 atom stereocenters. The Morgan fingerprint density at radius 2 is 2.06 bits per heavy atom. The van der Waals surface area contributed by atoms with Gasteiger partial charge in [0.15, 0.2) is 0 Å². The fourth-order valence-electron chi connectivity index (χ4n) is 1.12. The highest BCUT2D eigenvalue weighted by Gasteiger charge is 2.13. The van der Waals surface area contributed by atoms with E-state index >= 15 is 0 Å². The van der Waals surface area contributed by atoms with E-state index in [0.29, 0.717) is 0 Å². The molecule has 0 radical (unpaired) electrons. The molecule has 7 nitrogen and oxygen atoms in total. The number of aromatic hydroxyl groups is 1. The number of rotatable bonds is 5. The molecule has 5 N–H and O–H groups in total. The summed E-state index contributed by atoms with van der Waals surface area (Å²) in [6, 6.07) is 3.32. The summed E-state index contributed by atoms with van der Waals surface area (Å²) in [4.78, 5) is 10.6. The van der Waals surface area contributed by atoms with Gasteiger partial charge < -0.3 is 15.9 Å². The van der Waals surface area contributed by atoms with Gasteiger partial charge in [-0.3, -0.25) is 4.72 Å². The molecule has 0 aliphatic rings. The van der Waals surface area contributed by atoms with Crippen LogP contribution in [-0.4, -0.2) is 36.9 Å². The van der Waals surface area contributed by atoms with E-state index in [2.05, 4.69) is 4.72 Å². The first-order chi connectivity index (χ1) is 7.85. The number of carboxylic acids is 1. The quantitative estimate of drug-likeness (QED) is 0.542. The molecule has 0 aliphatic heterocycles. The molecule has 0 amide bonds. The van der Waals surface area contributed by atoms with Crippen molar-refractivity contribution in [3.63, 3.8) is 0 Å². The summed E-state index contributed by atoms with van der Waals surface area (Å²) in [5, 5.41) is 18.1. The van der Waals surface area contributed by atoms with Crippen molar-refractivity contribution < 1.29 is 23.4 Å². The average molecular weight is 260 g/mol. The highest BCUT2D eigenvalue weighted by Crippen LogP contribution is 2.25. The van der Waals surface area contributed by atoms with Crippen molar-refractivity contribution in [1.29, 1.82) is 0 Å². The van der Waals surface area contributed by atoms with Gasteiger partial charge in [0.1, 0.15) is 5.75 Å². The maximum absolute atomic E-state index is 11.4. The molecule has 0 unspecified atom stereocenters. The Kier molecular flexibility index (Phi) is 3.92. The highest BCUT2D eigenvalue weighted by atomic mass is 32.2. The molecule has 0 heterocycles. The number of benzene rings is 1. The molecule has 17 heavy (non-hydrogen) atoms. The first-order valence-electron chi connectivity index (χ1n) is 4.62. The lowest BCUT2D eigenvalue weighted by atomic mass is 10.2. The minimum atomic E-state index is -3.62. The van der Waals surface area contributed by atoms with Crippen LogP contribution in [-0.2, 0) is 10.0 Å². The van der Waals surface area contributed by atoms with Crippen LogP contribution in [0.15, 0.2) is 18.2 Å². The number of carbonyl (C=O) groups is 1. The molecule has 1 rings (SSSR count). The van der Waals surface area contributed by atoms with E-state index < -0.39 is 21.7 Å². The van der Waals surface area contributed by atoms with Crippen molar-refractivity contribution in [2.45, 2.75) is 0 Å². The standard InChI is InChI=1S/C9H12N2O5S/c10-3-4-17(15,16)11-7-2-1-6(9(13)14)5-8(7)12/h1-2,5,11-12H,3-4,10H2,(H,13,14). The zero-order valence-electron chi connectivity index (χ0n) is 8.75. The second-order valence-corrected chi connectivity index (χ2v) is 5.09. The van der Waals surface area contributed by atoms with Crippen LogP contribution in [0, 0.1) is 0 Å². The van der Waals surface area contributed by atoms with Gasteiger partial charge in [0.2, 0.25) is 10.0 Å². The van der Waals surface area contributed by atoms with Crippen molar-refractivity contribution in [2.75, 3.05) is 17.0 Å². The van der Waals surface area contributed by atoms with Crippen LogP contribution >= 0.6 is 0 Å². The second-order valence-electron chi connectivity index (χ2n) is 3.25. The van der Waals surface area contributed by atoms with E-state index in [4.69, 9.17) is 10.8 Å². The van der Waals surface area contributed by atoms with Crippen molar-refractivity contribution in [1.82, 2.24) is 0 Å². The molecule has 0 fully saturated rings. The summed E-state index contributed by atoms with van der Waals surface area (Å²) in [5.74, 6) is -1.95. The Morgan fingerprint density at radius 1 is 1.41 bits per heavy atom. The zero-order valence-corrected chi connectivity index (χ0v) is 9.57. The monoisotopic (exact) mass is 260 g/mol. The van der Waals surface area contributed by atoms with Gasteiger partial charge in [-0.25, -0.2) is 13.2 Å². The molecule has 0 saturated carbocycles. The van der Waals surface area contributed by atoms with Crippen LogP contribution in [0.25, 0.3) is 0 Å². The predicted octanol–water partition coefficient (Wildman–Crippen LogP) is -0.209. The number of nitrogens with two attached hydrogens (primary N) is 1. The summed E-state index contributed by atoms with van der Waals surface area (Å²) in [7, 11) is -3.62. The SMILES string of the molecule is NCCS(=O)(=O)Nc1ccc(C(=O)O)cc1O. The maximum Gasteiger partial charge on any atom is 0.335 e. The third kappa shape index (κ3) is 3.61. The van der Waals surface area contributed by atoms with Gasteiger partial charge in [0, 0.05) is 6.54 Å². The molecule has 94 valence electrons. The largest absolute Gasteiger partial charge is 0.506 e. The van der Waals surface area contributed by atoms with Crippen LogP contribution in [0.1, 0.15) is 10.4 Å². The van der Waals surface area contributed by atoms with Gasteiger partial charge in [0.25, 0.3) is 0 Å². The lowest BCUT2D eigenvalue weighted by molar-refractivity contribution is 0.0696. The van der Waals surface area contributed by atoms with Crippen LogP contribution < -0.4 is 10.5 Å². The lowest BCUT2D eigenvalue weighted by Gasteiger charge is -2.09. The number of carboxylic acid groups (broad SMARTS) is 1. The van der Waals surface area contributed by atoms with Gasteiger partial charge in [-0.2, -0.15) is 0 Å². The molecule has 0 aromatic heterocycles. The van der Waals surface area contributed by atoms with Crippen molar-refractivity contribution in [3.8, 4) is 5.75 Å². The number of nitrogens with one attached hydrogen (secondary N) is 1. The maximum atomic E-state index is 11.4. The van der Waals surface area contributed by atoms with E-state index in [-0.39, 0.29) is 23.5 Å². The topological polar surface area (TPSA) is 130 Å². The molecule has 0 spiro atoms. The van der Waals surface area contributed by atoms with Crippen LogP contribution in [0.2, 0.25) is 0 Å². The van der Waals surface area contributed by atoms with Crippen molar-refractivity contribution in [3.05, 3.63) is 23.8 Å². The fourth-order valence-corrected chi connectivity index (χ4v) is 2.04. The minimum absolute atomic E-state index is 0.0523. The van der Waals surface area contributed by atoms with Gasteiger partial charge >= 0.3 is 5.97 Å². The first kappa shape index (κ1) is 13.3. The van der Waals surface area contributed by atoms with Crippen molar-refractivity contribution in [2.24, 2.45) is 5.73 Å². The number of anilines is 1. The Morgan fingerprint density at radius 3 is 2.53 bits per heavy atom. The molecular formula is C9H12N2O5S. The molecule has 1 aromatic carbocycles. The van der Waals surface area contributed by atoms with E-state index in [9.17, 15) is 18.3 Å². The molecule has 0 aliphatic carbocycles. The number of sulfonamides is 1. The number of aromatic carboxylic acids is 1. The Labute approximate surface area is 97.9 Å². The predicted molar refractivity (Wildman–Crippen MR) is 61.5 cm³/mol. The normalized spacial score (nSPS) is 11.1. The van der Waals surface area contributed by atoms with Gasteiger partial charge in [-0.05, 0) is 18.2 Å². The molecule has 0 saturated heterocycles. The fraction of sp³-hybridized carbons (Fsp3) is 0.222. The third-order valence-electron chi connectivity index (χ3n) is 1.90. The average Bonchev–Trinajstić information content (AvgIpc) is 2.20. The summed E-state index contributed by atoms with van der Waals surface area (Å²) in [5.41, 5.74) is 4.90. The Hall–Kier alpha value is -1.80. The molecule has 1 aromatic rings. The minimum Gasteiger partial charge on any atom is -0.506 e. The second kappa shape index (κ2) is 5.02. The van der Waals surface area contributed by atoms with Crippen LogP contribution in [0.3, 0.4) is 0 Å². The third-order valence-corrected chi connectivity index (χ3v) is 3.20. The van der Waals surface area contributed by atoms with Gasteiger partial charge in [-0.15, -0.1) is 0 Å². The van der Waals surface area contributed by atoms with E-state index in [1.54, 1.807) is 0 Å². The number of hydrogen-bond acceptors (Lipinski definition) is 5. The first-order valence-corrected chi connectivity index (χ1v) is 6.28. The summed E-state index contributed by atoms with van der Waals surface area (Å²) in [6.45, 7) is -0.0523. The van der Waals surface area contributed by atoms with Gasteiger partial charge in [0.05, 0.1) is 17.0 Å².